The van der Waals surface area contributed by atoms with E-state index in [1.807, 2.05) is 61.7 Å². The summed E-state index contributed by atoms with van der Waals surface area (Å²) in [6.07, 6.45) is 5.55. The van der Waals surface area contributed by atoms with Gasteiger partial charge in [0.2, 0.25) is 10.0 Å². The molecule has 3 N–H and O–H groups in total. The average Bonchev–Trinajstić information content (AvgIpc) is 3.25. The summed E-state index contributed by atoms with van der Waals surface area (Å²) in [5, 5.41) is 8.51. The monoisotopic (exact) mass is 474 g/mol. The van der Waals surface area contributed by atoms with Crippen molar-refractivity contribution >= 4 is 38.9 Å². The topological polar surface area (TPSA) is 108 Å². The number of aromatic nitrogens is 3. The molecule has 5 rings (SSSR count). The molecule has 3 heterocycles. The summed E-state index contributed by atoms with van der Waals surface area (Å²) in [4.78, 5) is 6.50. The van der Waals surface area contributed by atoms with Crippen molar-refractivity contribution in [3.8, 4) is 11.1 Å². The summed E-state index contributed by atoms with van der Waals surface area (Å²) in [6, 6.07) is 16.8. The number of aromatic amines is 1. The summed E-state index contributed by atoms with van der Waals surface area (Å²) in [6.45, 7) is 2.53. The highest BCUT2D eigenvalue weighted by Crippen LogP contribution is 2.26. The number of piperazine rings is 1. The van der Waals surface area contributed by atoms with E-state index in [1.165, 1.54) is 0 Å². The highest BCUT2D eigenvalue weighted by Gasteiger charge is 2.27. The number of anilines is 1. The summed E-state index contributed by atoms with van der Waals surface area (Å²) in [5.41, 5.74) is 10.5. The van der Waals surface area contributed by atoms with Crippen molar-refractivity contribution in [1.29, 1.82) is 0 Å². The molecule has 1 aliphatic heterocycles. The van der Waals surface area contributed by atoms with Gasteiger partial charge in [0.25, 0.3) is 0 Å². The van der Waals surface area contributed by atoms with Crippen molar-refractivity contribution in [2.75, 3.05) is 39.0 Å². The number of sulfonamides is 1. The summed E-state index contributed by atoms with van der Waals surface area (Å²) < 4.78 is 27.4. The molecule has 1 saturated heterocycles. The molecule has 34 heavy (non-hydrogen) atoms. The SMILES string of the molecule is CN1CCN(S(=O)(=O)c2ccc(/C=C/c3n[nH]c4cc(-c5ccnc(N)c5)ccc34)cc2)CC1. The lowest BCUT2D eigenvalue weighted by molar-refractivity contribution is 0.222. The molecule has 9 heteroatoms. The molecule has 2 aromatic heterocycles. The van der Waals surface area contributed by atoms with Gasteiger partial charge in [0, 0.05) is 37.8 Å². The molecule has 8 nitrogen and oxygen atoms in total. The highest BCUT2D eigenvalue weighted by molar-refractivity contribution is 7.89. The number of rotatable bonds is 5. The Hall–Kier alpha value is -3.53. The van der Waals surface area contributed by atoms with E-state index in [4.69, 9.17) is 5.73 Å². The number of nitrogen functional groups attached to an aromatic ring is 1. The molecule has 0 unspecified atom stereocenters. The summed E-state index contributed by atoms with van der Waals surface area (Å²) >= 11 is 0. The first-order chi connectivity index (χ1) is 16.4. The zero-order chi connectivity index (χ0) is 23.7. The molecule has 0 radical (unpaired) electrons. The van der Waals surface area contributed by atoms with E-state index in [2.05, 4.69) is 20.1 Å². The molecule has 0 amide bonds. The minimum atomic E-state index is -3.47. The molecular weight excluding hydrogens is 448 g/mol. The van der Waals surface area contributed by atoms with Crippen LogP contribution >= 0.6 is 0 Å². The molecule has 0 bridgehead atoms. The maximum Gasteiger partial charge on any atom is 0.243 e. The van der Waals surface area contributed by atoms with Crippen molar-refractivity contribution in [2.24, 2.45) is 0 Å². The van der Waals surface area contributed by atoms with Crippen LogP contribution < -0.4 is 5.73 Å². The van der Waals surface area contributed by atoms with Gasteiger partial charge in [0.15, 0.2) is 0 Å². The zero-order valence-electron chi connectivity index (χ0n) is 18.8. The standard InChI is InChI=1S/C25H26N6O2S/c1-30-12-14-31(15-13-30)34(32,33)21-6-2-18(3-7-21)4-9-23-22-8-5-19(16-24(22)29-28-23)20-10-11-27-25(26)17-20/h2-11,16-17H,12-15H2,1H3,(H2,26,27)(H,28,29)/b9-4+. The molecule has 0 spiro atoms. The van der Waals surface area contributed by atoms with Crippen LogP contribution in [0.15, 0.2) is 65.7 Å². The fourth-order valence-corrected chi connectivity index (χ4v) is 5.50. The number of nitrogens with one attached hydrogen (secondary N) is 1. The van der Waals surface area contributed by atoms with E-state index < -0.39 is 10.0 Å². The quantitative estimate of drug-likeness (QED) is 0.459. The number of benzene rings is 2. The first-order valence-corrected chi connectivity index (χ1v) is 12.5. The molecule has 1 fully saturated rings. The second kappa shape index (κ2) is 9.02. The van der Waals surface area contributed by atoms with Crippen LogP contribution in [0.5, 0.6) is 0 Å². The Balaban J connectivity index is 1.33. The maximum atomic E-state index is 12.9. The second-order valence-electron chi connectivity index (χ2n) is 8.45. The first kappa shape index (κ1) is 22.3. The third-order valence-corrected chi connectivity index (χ3v) is 8.03. The number of nitrogens with two attached hydrogens (primary N) is 1. The van der Waals surface area contributed by atoms with Gasteiger partial charge < -0.3 is 10.6 Å². The predicted molar refractivity (Wildman–Crippen MR) is 135 cm³/mol. The lowest BCUT2D eigenvalue weighted by Crippen LogP contribution is -2.46. The van der Waals surface area contributed by atoms with E-state index in [1.54, 1.807) is 22.6 Å². The van der Waals surface area contributed by atoms with Crippen LogP contribution in [0.25, 0.3) is 34.2 Å². The molecule has 4 aromatic rings. The second-order valence-corrected chi connectivity index (χ2v) is 10.4. The number of pyridine rings is 1. The summed E-state index contributed by atoms with van der Waals surface area (Å²) in [7, 11) is -1.46. The van der Waals surface area contributed by atoms with Gasteiger partial charge in [-0.2, -0.15) is 9.40 Å². The van der Waals surface area contributed by atoms with Gasteiger partial charge in [-0.15, -0.1) is 0 Å². The molecule has 0 aliphatic carbocycles. The highest BCUT2D eigenvalue weighted by atomic mass is 32.2. The molecular formula is C25H26N6O2S. The maximum absolute atomic E-state index is 12.9. The van der Waals surface area contributed by atoms with E-state index in [-0.39, 0.29) is 0 Å². The van der Waals surface area contributed by atoms with Crippen LogP contribution in [0.1, 0.15) is 11.3 Å². The van der Waals surface area contributed by atoms with E-state index >= 15 is 0 Å². The van der Waals surface area contributed by atoms with Crippen molar-refractivity contribution in [3.63, 3.8) is 0 Å². The van der Waals surface area contributed by atoms with Crippen LogP contribution in [-0.4, -0.2) is 66.0 Å². The molecule has 0 atom stereocenters. The molecule has 1 aliphatic rings. The fourth-order valence-electron chi connectivity index (χ4n) is 4.08. The largest absolute Gasteiger partial charge is 0.384 e. The number of nitrogens with zero attached hydrogens (tertiary/aromatic N) is 4. The van der Waals surface area contributed by atoms with E-state index in [0.29, 0.717) is 23.8 Å². The summed E-state index contributed by atoms with van der Waals surface area (Å²) in [5.74, 6) is 0.480. The van der Waals surface area contributed by atoms with Gasteiger partial charge in [-0.05, 0) is 66.2 Å². The number of fused-ring (bicyclic) bond motifs is 1. The lowest BCUT2D eigenvalue weighted by atomic mass is 10.0. The van der Waals surface area contributed by atoms with Gasteiger partial charge in [0.05, 0.1) is 16.1 Å². The fraction of sp³-hybridized carbons (Fsp3) is 0.200. The van der Waals surface area contributed by atoms with Crippen LogP contribution in [0.2, 0.25) is 0 Å². The minimum absolute atomic E-state index is 0.323. The van der Waals surface area contributed by atoms with Crippen molar-refractivity contribution in [1.82, 2.24) is 24.4 Å². The number of hydrogen-bond acceptors (Lipinski definition) is 6. The Morgan fingerprint density at radius 2 is 1.68 bits per heavy atom. The van der Waals surface area contributed by atoms with E-state index in [0.717, 1.165) is 46.4 Å². The van der Waals surface area contributed by atoms with Crippen LogP contribution in [0.4, 0.5) is 5.82 Å². The normalized spacial score (nSPS) is 15.9. The Morgan fingerprint density at radius 3 is 2.41 bits per heavy atom. The number of H-pyrrole nitrogens is 1. The number of hydrogen-bond donors (Lipinski definition) is 2. The van der Waals surface area contributed by atoms with Gasteiger partial charge in [-0.25, -0.2) is 13.4 Å². The van der Waals surface area contributed by atoms with Gasteiger partial charge >= 0.3 is 0 Å². The Labute approximate surface area is 198 Å². The Kier molecular flexibility index (Phi) is 5.91. The smallest absolute Gasteiger partial charge is 0.243 e. The van der Waals surface area contributed by atoms with Crippen LogP contribution in [0.3, 0.4) is 0 Å². The van der Waals surface area contributed by atoms with Crippen molar-refractivity contribution in [2.45, 2.75) is 4.90 Å². The van der Waals surface area contributed by atoms with Crippen LogP contribution in [-0.2, 0) is 10.0 Å². The molecule has 174 valence electrons. The average molecular weight is 475 g/mol. The Bertz CT molecular complexity index is 1450. The van der Waals surface area contributed by atoms with Crippen molar-refractivity contribution < 1.29 is 8.42 Å². The van der Waals surface area contributed by atoms with Crippen LogP contribution in [0, 0.1) is 0 Å². The lowest BCUT2D eigenvalue weighted by Gasteiger charge is -2.31. The minimum Gasteiger partial charge on any atom is -0.384 e. The predicted octanol–water partition coefficient (Wildman–Crippen LogP) is 3.31. The molecule has 2 aromatic carbocycles. The van der Waals surface area contributed by atoms with Gasteiger partial charge in [-0.3, -0.25) is 5.10 Å². The van der Waals surface area contributed by atoms with Gasteiger partial charge in [-0.1, -0.05) is 24.3 Å². The first-order valence-electron chi connectivity index (χ1n) is 11.1. The third-order valence-electron chi connectivity index (χ3n) is 6.12. The third kappa shape index (κ3) is 4.45. The Morgan fingerprint density at radius 1 is 0.941 bits per heavy atom. The number of likely N-dealkylation sites (N-methyl/N-ethyl adjacent to an activating group) is 1. The van der Waals surface area contributed by atoms with Crippen molar-refractivity contribution in [3.05, 3.63) is 72.1 Å². The van der Waals surface area contributed by atoms with E-state index in [9.17, 15) is 8.42 Å². The zero-order valence-corrected chi connectivity index (χ0v) is 19.7. The molecule has 0 saturated carbocycles. The van der Waals surface area contributed by atoms with Gasteiger partial charge in [0.1, 0.15) is 5.82 Å².